The normalized spacial score (nSPS) is 10.5. The summed E-state index contributed by atoms with van der Waals surface area (Å²) in [5.74, 6) is 2.96. The van der Waals surface area contributed by atoms with E-state index < -0.39 is 0 Å². The molecule has 0 fully saturated rings. The highest BCUT2D eigenvalue weighted by atomic mass is 35.5. The largest absolute Gasteiger partial charge is 0.489 e. The Bertz CT molecular complexity index is 886. The number of aromatic nitrogens is 2. The van der Waals surface area contributed by atoms with E-state index in [4.69, 9.17) is 21.1 Å². The number of hydrogen-bond donors (Lipinski definition) is 2. The first-order valence-electron chi connectivity index (χ1n) is 8.95. The molecular weight excluding hydrogens is 376 g/mol. The molecule has 0 unspecified atom stereocenters. The monoisotopic (exact) mass is 398 g/mol. The highest BCUT2D eigenvalue weighted by molar-refractivity contribution is 6.30. The second-order valence-corrected chi connectivity index (χ2v) is 6.61. The van der Waals surface area contributed by atoms with Gasteiger partial charge in [-0.05, 0) is 48.9 Å². The second-order valence-electron chi connectivity index (χ2n) is 6.17. The van der Waals surface area contributed by atoms with Crippen molar-refractivity contribution in [3.05, 3.63) is 71.0 Å². The zero-order valence-corrected chi connectivity index (χ0v) is 16.7. The number of methoxy groups -OCH3 is 1. The number of aryl methyl sites for hydroxylation is 1. The summed E-state index contributed by atoms with van der Waals surface area (Å²) in [6, 6.07) is 17.2. The molecule has 0 spiro atoms. The Balaban J connectivity index is 1.58. The minimum Gasteiger partial charge on any atom is -0.489 e. The number of rotatable bonds is 9. The van der Waals surface area contributed by atoms with Crippen LogP contribution in [-0.2, 0) is 11.3 Å². The van der Waals surface area contributed by atoms with Crippen molar-refractivity contribution >= 4 is 28.9 Å². The Kier molecular flexibility index (Phi) is 7.06. The Morgan fingerprint density at radius 3 is 2.39 bits per heavy atom. The third-order valence-electron chi connectivity index (χ3n) is 3.90. The van der Waals surface area contributed by atoms with Crippen LogP contribution < -0.4 is 15.4 Å². The van der Waals surface area contributed by atoms with E-state index in [9.17, 15) is 0 Å². The van der Waals surface area contributed by atoms with Gasteiger partial charge in [0, 0.05) is 30.4 Å². The molecule has 7 heteroatoms. The standard InChI is InChI=1S/C21H23ClN4O2/c1-15-24-20(23-11-12-27-2)13-21(25-15)26-18-7-9-19(10-8-18)28-14-16-3-5-17(22)6-4-16/h3-10,13H,11-12,14H2,1-2H3,(H2,23,24,25,26). The summed E-state index contributed by atoms with van der Waals surface area (Å²) in [4.78, 5) is 8.80. The molecule has 0 saturated heterocycles. The van der Waals surface area contributed by atoms with Gasteiger partial charge >= 0.3 is 0 Å². The molecule has 6 nitrogen and oxygen atoms in total. The van der Waals surface area contributed by atoms with Crippen molar-refractivity contribution in [3.63, 3.8) is 0 Å². The molecule has 146 valence electrons. The molecule has 0 aliphatic carbocycles. The van der Waals surface area contributed by atoms with Gasteiger partial charge in [-0.25, -0.2) is 9.97 Å². The van der Waals surface area contributed by atoms with Crippen LogP contribution in [0.4, 0.5) is 17.3 Å². The SMILES string of the molecule is COCCNc1cc(Nc2ccc(OCc3ccc(Cl)cc3)cc2)nc(C)n1. The number of nitrogens with zero attached hydrogens (tertiary/aromatic N) is 2. The smallest absolute Gasteiger partial charge is 0.136 e. The molecule has 0 aliphatic heterocycles. The summed E-state index contributed by atoms with van der Waals surface area (Å²) < 4.78 is 10.9. The van der Waals surface area contributed by atoms with Crippen LogP contribution in [0, 0.1) is 6.92 Å². The molecule has 0 amide bonds. The number of hydrogen-bond acceptors (Lipinski definition) is 6. The molecule has 28 heavy (non-hydrogen) atoms. The predicted octanol–water partition coefficient (Wildman–Crippen LogP) is 4.82. The molecule has 1 heterocycles. The van der Waals surface area contributed by atoms with E-state index in [0.29, 0.717) is 25.6 Å². The van der Waals surface area contributed by atoms with Crippen LogP contribution in [0.15, 0.2) is 54.6 Å². The predicted molar refractivity (Wildman–Crippen MR) is 113 cm³/mol. The highest BCUT2D eigenvalue weighted by Crippen LogP contribution is 2.21. The molecule has 2 aromatic carbocycles. The number of anilines is 3. The van der Waals surface area contributed by atoms with E-state index in [1.807, 2.05) is 61.5 Å². The average Bonchev–Trinajstić information content (AvgIpc) is 2.68. The van der Waals surface area contributed by atoms with Crippen molar-refractivity contribution in [2.45, 2.75) is 13.5 Å². The van der Waals surface area contributed by atoms with Crippen molar-refractivity contribution in [1.82, 2.24) is 9.97 Å². The van der Waals surface area contributed by atoms with Gasteiger partial charge in [0.15, 0.2) is 0 Å². The first kappa shape index (κ1) is 19.9. The maximum Gasteiger partial charge on any atom is 0.136 e. The van der Waals surface area contributed by atoms with Gasteiger partial charge in [-0.15, -0.1) is 0 Å². The molecular formula is C21H23ClN4O2. The van der Waals surface area contributed by atoms with Crippen LogP contribution in [0.25, 0.3) is 0 Å². The Hall–Kier alpha value is -2.83. The third kappa shape index (κ3) is 6.11. The summed E-state index contributed by atoms with van der Waals surface area (Å²) in [5, 5.41) is 7.22. The van der Waals surface area contributed by atoms with Crippen LogP contribution in [0.3, 0.4) is 0 Å². The molecule has 3 aromatic rings. The lowest BCUT2D eigenvalue weighted by atomic mass is 10.2. The molecule has 0 atom stereocenters. The summed E-state index contributed by atoms with van der Waals surface area (Å²) >= 11 is 5.90. The average molecular weight is 399 g/mol. The van der Waals surface area contributed by atoms with Crippen LogP contribution in [-0.4, -0.2) is 30.2 Å². The van der Waals surface area contributed by atoms with Crippen LogP contribution in [0.1, 0.15) is 11.4 Å². The fourth-order valence-corrected chi connectivity index (χ4v) is 2.66. The first-order valence-corrected chi connectivity index (χ1v) is 9.33. The number of ether oxygens (including phenoxy) is 2. The van der Waals surface area contributed by atoms with Gasteiger partial charge in [0.1, 0.15) is 29.8 Å². The molecule has 0 saturated carbocycles. The van der Waals surface area contributed by atoms with Gasteiger partial charge in [-0.2, -0.15) is 0 Å². The van der Waals surface area contributed by atoms with Gasteiger partial charge in [-0.3, -0.25) is 0 Å². The zero-order chi connectivity index (χ0) is 19.8. The molecule has 0 radical (unpaired) electrons. The molecule has 2 N–H and O–H groups in total. The van der Waals surface area contributed by atoms with Crippen molar-refractivity contribution in [2.75, 3.05) is 30.9 Å². The van der Waals surface area contributed by atoms with Crippen molar-refractivity contribution in [1.29, 1.82) is 0 Å². The van der Waals surface area contributed by atoms with E-state index in [1.54, 1.807) is 7.11 Å². The summed E-state index contributed by atoms with van der Waals surface area (Å²) in [5.41, 5.74) is 1.98. The molecule has 0 aliphatic rings. The van der Waals surface area contributed by atoms with Gasteiger partial charge in [0.2, 0.25) is 0 Å². The molecule has 3 rings (SSSR count). The topological polar surface area (TPSA) is 68.3 Å². The van der Waals surface area contributed by atoms with Crippen molar-refractivity contribution < 1.29 is 9.47 Å². The van der Waals surface area contributed by atoms with E-state index >= 15 is 0 Å². The van der Waals surface area contributed by atoms with Crippen LogP contribution in [0.5, 0.6) is 5.75 Å². The van der Waals surface area contributed by atoms with Crippen LogP contribution in [0.2, 0.25) is 5.02 Å². The molecule has 0 bridgehead atoms. The maximum atomic E-state index is 5.90. The van der Waals surface area contributed by atoms with E-state index in [1.165, 1.54) is 0 Å². The second kappa shape index (κ2) is 9.92. The Labute approximate surface area is 169 Å². The summed E-state index contributed by atoms with van der Waals surface area (Å²) in [6.45, 7) is 3.65. The summed E-state index contributed by atoms with van der Waals surface area (Å²) in [7, 11) is 1.67. The van der Waals surface area contributed by atoms with Gasteiger partial charge in [0.25, 0.3) is 0 Å². The Morgan fingerprint density at radius 1 is 0.964 bits per heavy atom. The summed E-state index contributed by atoms with van der Waals surface area (Å²) in [6.07, 6.45) is 0. The quantitative estimate of drug-likeness (QED) is 0.504. The lowest BCUT2D eigenvalue weighted by Crippen LogP contribution is -2.10. The van der Waals surface area contributed by atoms with E-state index in [2.05, 4.69) is 20.6 Å². The molecule has 1 aromatic heterocycles. The van der Waals surface area contributed by atoms with Gasteiger partial charge < -0.3 is 20.1 Å². The minimum atomic E-state index is 0.492. The maximum absolute atomic E-state index is 5.90. The fraction of sp³-hybridized carbons (Fsp3) is 0.238. The van der Waals surface area contributed by atoms with E-state index in [0.717, 1.165) is 33.7 Å². The zero-order valence-electron chi connectivity index (χ0n) is 15.9. The minimum absolute atomic E-state index is 0.492. The first-order chi connectivity index (χ1) is 13.6. The number of halogens is 1. The lowest BCUT2D eigenvalue weighted by molar-refractivity contribution is 0.210. The van der Waals surface area contributed by atoms with Crippen molar-refractivity contribution in [3.8, 4) is 5.75 Å². The van der Waals surface area contributed by atoms with E-state index in [-0.39, 0.29) is 0 Å². The van der Waals surface area contributed by atoms with Gasteiger partial charge in [-0.1, -0.05) is 23.7 Å². The number of benzene rings is 2. The number of nitrogens with one attached hydrogen (secondary N) is 2. The fourth-order valence-electron chi connectivity index (χ4n) is 2.53. The van der Waals surface area contributed by atoms with Crippen LogP contribution >= 0.6 is 11.6 Å². The third-order valence-corrected chi connectivity index (χ3v) is 4.15. The highest BCUT2D eigenvalue weighted by Gasteiger charge is 2.03. The lowest BCUT2D eigenvalue weighted by Gasteiger charge is -2.11. The Morgan fingerprint density at radius 2 is 1.68 bits per heavy atom. The van der Waals surface area contributed by atoms with Crippen molar-refractivity contribution in [2.24, 2.45) is 0 Å². The van der Waals surface area contributed by atoms with Gasteiger partial charge in [0.05, 0.1) is 6.61 Å².